The summed E-state index contributed by atoms with van der Waals surface area (Å²) in [5, 5.41) is 9.95. The molecule has 2 saturated heterocycles. The molecular weight excluding hydrogens is 804 g/mol. The largest absolute Gasteiger partial charge is 0.478 e. The van der Waals surface area contributed by atoms with Crippen LogP contribution < -0.4 is 19.4 Å². The van der Waals surface area contributed by atoms with Crippen LogP contribution in [0.1, 0.15) is 48.4 Å². The Labute approximate surface area is 340 Å². The number of carbonyl (C=O) groups excluding carboxylic acids is 3. The van der Waals surface area contributed by atoms with E-state index in [1.807, 2.05) is 70.5 Å². The van der Waals surface area contributed by atoms with Crippen LogP contribution in [-0.4, -0.2) is 96.6 Å². The fourth-order valence-corrected chi connectivity index (χ4v) is 6.30. The van der Waals surface area contributed by atoms with Gasteiger partial charge in [-0.25, -0.2) is 9.59 Å². The van der Waals surface area contributed by atoms with Crippen LogP contribution in [0.2, 0.25) is 5.02 Å². The van der Waals surface area contributed by atoms with Gasteiger partial charge in [0.15, 0.2) is 11.4 Å². The monoisotopic (exact) mass is 848 g/mol. The van der Waals surface area contributed by atoms with Gasteiger partial charge in [-0.15, -0.1) is 0 Å². The molecule has 4 aromatic carbocycles. The molecule has 2 heterocycles. The smallest absolute Gasteiger partial charge is 0.357 e. The van der Waals surface area contributed by atoms with Crippen molar-refractivity contribution in [1.82, 2.24) is 9.80 Å². The number of para-hydroxylation sites is 2. The topological polar surface area (TPSA) is 129 Å². The number of nitrogens with zero attached hydrogens (tertiary/aromatic N) is 4. The van der Waals surface area contributed by atoms with E-state index in [0.29, 0.717) is 80.0 Å². The zero-order valence-corrected chi connectivity index (χ0v) is 34.2. The highest BCUT2D eigenvalue weighted by molar-refractivity contribution is 9.10. The molecular formula is C42H46BrClN4O8. The Kier molecular flexibility index (Phi) is 14.2. The average Bonchev–Trinajstić information content (AvgIpc) is 3.20. The summed E-state index contributed by atoms with van der Waals surface area (Å²) in [7, 11) is 0. The minimum absolute atomic E-state index is 0.00833. The number of hydrogen-bond acceptors (Lipinski definition) is 9. The van der Waals surface area contributed by atoms with Crippen LogP contribution in [-0.2, 0) is 14.5 Å². The molecule has 2 aliphatic heterocycles. The number of benzene rings is 4. The van der Waals surface area contributed by atoms with E-state index in [1.54, 1.807) is 50.2 Å². The Morgan fingerprint density at radius 3 is 1.80 bits per heavy atom. The molecule has 0 radical (unpaired) electrons. The minimum atomic E-state index is -1.32. The van der Waals surface area contributed by atoms with Crippen LogP contribution in [0.4, 0.5) is 11.4 Å². The summed E-state index contributed by atoms with van der Waals surface area (Å²) in [6.45, 7) is 11.7. The molecule has 4 aromatic rings. The quantitative estimate of drug-likeness (QED) is 0.127. The number of carbonyl (C=O) groups is 4. The van der Waals surface area contributed by atoms with E-state index in [4.69, 9.17) is 26.1 Å². The van der Waals surface area contributed by atoms with Crippen molar-refractivity contribution >= 4 is 62.7 Å². The number of halogens is 2. The summed E-state index contributed by atoms with van der Waals surface area (Å²) in [6.07, 6.45) is 0. The number of rotatable bonds is 10. The predicted octanol–water partition coefficient (Wildman–Crippen LogP) is 7.45. The second-order valence-corrected chi connectivity index (χ2v) is 15.4. The van der Waals surface area contributed by atoms with Crippen LogP contribution in [0.15, 0.2) is 102 Å². The lowest BCUT2D eigenvalue weighted by Gasteiger charge is -2.37. The van der Waals surface area contributed by atoms with E-state index in [9.17, 15) is 24.3 Å². The fraction of sp³-hybridized carbons (Fsp3) is 0.333. The van der Waals surface area contributed by atoms with E-state index in [-0.39, 0.29) is 17.7 Å². The first-order valence-electron chi connectivity index (χ1n) is 18.3. The van der Waals surface area contributed by atoms with Gasteiger partial charge >= 0.3 is 11.9 Å². The van der Waals surface area contributed by atoms with Crippen molar-refractivity contribution in [3.8, 4) is 11.5 Å². The third-order valence-corrected chi connectivity index (χ3v) is 10.1. The van der Waals surface area contributed by atoms with E-state index in [2.05, 4.69) is 25.7 Å². The van der Waals surface area contributed by atoms with Gasteiger partial charge in [-0.05, 0) is 86.6 Å². The molecule has 2 amide bonds. The first-order chi connectivity index (χ1) is 26.7. The van der Waals surface area contributed by atoms with Crippen molar-refractivity contribution in [2.24, 2.45) is 5.92 Å². The third kappa shape index (κ3) is 11.2. The molecule has 12 nitrogen and oxygen atoms in total. The van der Waals surface area contributed by atoms with Crippen molar-refractivity contribution in [2.75, 3.05) is 62.2 Å². The molecule has 296 valence electrons. The molecule has 0 spiro atoms. The Morgan fingerprint density at radius 1 is 0.714 bits per heavy atom. The highest BCUT2D eigenvalue weighted by Gasteiger charge is 2.32. The molecule has 0 aromatic heterocycles. The number of carboxylic acid groups (broad SMARTS) is 1. The van der Waals surface area contributed by atoms with Crippen molar-refractivity contribution < 1.29 is 38.8 Å². The standard InChI is InChI=1S/C21H23BrN2O4.C21H23ClN2O4/c1-21(2,20(26)27)28-18-6-4-3-5-17(18)23-11-13-24(14-12-23)19(25)15-7-9-16(22)10-8-15;1-15(2)21(26)28-27-19-5-3-4-18(14-19)23-10-12-24(13-11-23)20(25)16-6-8-17(22)9-7-16/h3-10H,11-14H2,1-2H3,(H,26,27);3-9,14-15H,10-13H2,1-2H3. The molecule has 0 bridgehead atoms. The summed E-state index contributed by atoms with van der Waals surface area (Å²) in [5.41, 5.74) is 1.78. The summed E-state index contributed by atoms with van der Waals surface area (Å²) in [5.74, 6) is -0.673. The van der Waals surface area contributed by atoms with Gasteiger partial charge in [-0.1, -0.05) is 59.6 Å². The number of anilines is 2. The number of ether oxygens (including phenoxy) is 1. The van der Waals surface area contributed by atoms with Gasteiger partial charge in [0.25, 0.3) is 11.8 Å². The normalized spacial score (nSPS) is 14.4. The van der Waals surface area contributed by atoms with Crippen LogP contribution in [0.3, 0.4) is 0 Å². The highest BCUT2D eigenvalue weighted by Crippen LogP contribution is 2.32. The Morgan fingerprint density at radius 2 is 1.25 bits per heavy atom. The van der Waals surface area contributed by atoms with Crippen LogP contribution in [0.5, 0.6) is 11.5 Å². The number of aliphatic carboxylic acids is 1. The highest BCUT2D eigenvalue weighted by atomic mass is 79.9. The van der Waals surface area contributed by atoms with Crippen LogP contribution >= 0.6 is 27.5 Å². The van der Waals surface area contributed by atoms with Crippen molar-refractivity contribution in [2.45, 2.75) is 33.3 Å². The maximum absolute atomic E-state index is 12.7. The van der Waals surface area contributed by atoms with Gasteiger partial charge in [0.1, 0.15) is 5.75 Å². The van der Waals surface area contributed by atoms with Crippen LogP contribution in [0, 0.1) is 5.92 Å². The van der Waals surface area contributed by atoms with E-state index >= 15 is 0 Å². The van der Waals surface area contributed by atoms with E-state index in [1.165, 1.54) is 13.8 Å². The molecule has 0 aliphatic carbocycles. The SMILES string of the molecule is CC(C)(Oc1ccccc1N1CCN(C(=O)c2ccc(Br)cc2)CC1)C(=O)O.CC(C)C(=O)OOc1cccc(N2CCN(C(=O)c3ccc(Cl)cc3)CC2)c1. The Balaban J connectivity index is 0.000000214. The summed E-state index contributed by atoms with van der Waals surface area (Å²) in [6, 6.07) is 29.1. The fourth-order valence-electron chi connectivity index (χ4n) is 5.91. The molecule has 56 heavy (non-hydrogen) atoms. The molecule has 0 unspecified atom stereocenters. The van der Waals surface area contributed by atoms with Gasteiger partial charge < -0.3 is 29.4 Å². The minimum Gasteiger partial charge on any atom is -0.478 e. The number of piperazine rings is 2. The van der Waals surface area contributed by atoms with Gasteiger partial charge in [-0.2, -0.15) is 0 Å². The number of amides is 2. The average molecular weight is 850 g/mol. The second-order valence-electron chi connectivity index (χ2n) is 14.1. The zero-order chi connectivity index (χ0) is 40.4. The van der Waals surface area contributed by atoms with E-state index in [0.717, 1.165) is 15.8 Å². The third-order valence-electron chi connectivity index (χ3n) is 9.28. The van der Waals surface area contributed by atoms with Crippen LogP contribution in [0.25, 0.3) is 0 Å². The van der Waals surface area contributed by atoms with E-state index < -0.39 is 17.5 Å². The molecule has 1 N–H and O–H groups in total. The lowest BCUT2D eigenvalue weighted by Crippen LogP contribution is -2.49. The van der Waals surface area contributed by atoms with Crippen molar-refractivity contribution in [3.63, 3.8) is 0 Å². The van der Waals surface area contributed by atoms with Gasteiger partial charge in [0.2, 0.25) is 0 Å². The first-order valence-corrected chi connectivity index (χ1v) is 19.5. The molecule has 14 heteroatoms. The number of carboxylic acids is 1. The Bertz CT molecular complexity index is 1980. The zero-order valence-electron chi connectivity index (χ0n) is 31.8. The lowest BCUT2D eigenvalue weighted by atomic mass is 10.1. The maximum atomic E-state index is 12.7. The first kappa shape index (κ1) is 41.9. The summed E-state index contributed by atoms with van der Waals surface area (Å²) in [4.78, 5) is 66.2. The second kappa shape index (κ2) is 19.1. The maximum Gasteiger partial charge on any atom is 0.357 e. The molecule has 6 rings (SSSR count). The van der Waals surface area contributed by atoms with Gasteiger partial charge in [-0.3, -0.25) is 19.4 Å². The predicted molar refractivity (Wildman–Crippen MR) is 219 cm³/mol. The molecule has 0 atom stereocenters. The molecule has 2 fully saturated rings. The lowest BCUT2D eigenvalue weighted by molar-refractivity contribution is -0.217. The molecule has 2 aliphatic rings. The van der Waals surface area contributed by atoms with Gasteiger partial charge in [0, 0.05) is 84.7 Å². The Hall–Kier alpha value is -5.27. The summed E-state index contributed by atoms with van der Waals surface area (Å²) >= 11 is 9.27. The van der Waals surface area contributed by atoms with Crippen molar-refractivity contribution in [3.05, 3.63) is 118 Å². The molecule has 0 saturated carbocycles. The van der Waals surface area contributed by atoms with Gasteiger partial charge in [0.05, 0.1) is 11.6 Å². The number of hydrogen-bond donors (Lipinski definition) is 1. The van der Waals surface area contributed by atoms with Crippen molar-refractivity contribution in [1.29, 1.82) is 0 Å². The summed E-state index contributed by atoms with van der Waals surface area (Å²) < 4.78 is 6.72.